The fourth-order valence-corrected chi connectivity index (χ4v) is 3.28. The Hall–Kier alpha value is -3.46. The van der Waals surface area contributed by atoms with E-state index in [-0.39, 0.29) is 5.56 Å². The predicted octanol–water partition coefficient (Wildman–Crippen LogP) is 2.51. The number of carbonyl (C=O) groups is 1. The van der Waals surface area contributed by atoms with Crippen molar-refractivity contribution in [3.63, 3.8) is 0 Å². The number of anilines is 1. The van der Waals surface area contributed by atoms with Crippen LogP contribution in [0.25, 0.3) is 22.2 Å². The van der Waals surface area contributed by atoms with E-state index in [1.807, 2.05) is 17.5 Å². The van der Waals surface area contributed by atoms with Crippen LogP contribution in [0.3, 0.4) is 0 Å². The zero-order valence-corrected chi connectivity index (χ0v) is 15.1. The van der Waals surface area contributed by atoms with E-state index < -0.39 is 11.9 Å². The largest absolute Gasteiger partial charge is 0.300 e. The number of hydrogen-bond donors (Lipinski definition) is 1. The van der Waals surface area contributed by atoms with Crippen molar-refractivity contribution in [1.82, 2.24) is 25.0 Å². The fraction of sp³-hybridized carbons (Fsp3) is 0.111. The second-order valence-corrected chi connectivity index (χ2v) is 6.66. The molecule has 9 heteroatoms. The van der Waals surface area contributed by atoms with Crippen LogP contribution in [0.4, 0.5) is 5.13 Å². The molecule has 0 aliphatic carbocycles. The number of thiazole rings is 1. The summed E-state index contributed by atoms with van der Waals surface area (Å²) in [6.45, 7) is 1.59. The molecule has 0 bridgehead atoms. The number of nitrogens with zero attached hydrogens (tertiary/aromatic N) is 5. The summed E-state index contributed by atoms with van der Waals surface area (Å²) in [5, 5.41) is 13.3. The lowest BCUT2D eigenvalue weighted by Crippen LogP contribution is -2.34. The molecule has 0 aliphatic rings. The molecule has 3 heterocycles. The zero-order valence-electron chi connectivity index (χ0n) is 14.2. The predicted molar refractivity (Wildman–Crippen MR) is 102 cm³/mol. The topological polar surface area (TPSA) is 103 Å². The summed E-state index contributed by atoms with van der Waals surface area (Å²) in [6.07, 6.45) is 3.38. The van der Waals surface area contributed by atoms with Gasteiger partial charge in [0.15, 0.2) is 5.13 Å². The Bertz CT molecular complexity index is 1170. The van der Waals surface area contributed by atoms with Crippen LogP contribution >= 0.6 is 11.3 Å². The molecule has 3 aromatic heterocycles. The molecule has 1 N–H and O–H groups in total. The Balaban J connectivity index is 1.56. The third kappa shape index (κ3) is 3.32. The van der Waals surface area contributed by atoms with Crippen LogP contribution in [0.1, 0.15) is 13.0 Å². The average molecular weight is 378 g/mol. The Morgan fingerprint density at radius 1 is 1.22 bits per heavy atom. The van der Waals surface area contributed by atoms with Crippen molar-refractivity contribution in [2.24, 2.45) is 0 Å². The Morgan fingerprint density at radius 2 is 2.07 bits per heavy atom. The Labute approximate surface area is 157 Å². The molecule has 27 heavy (non-hydrogen) atoms. The number of hydrogen-bond acceptors (Lipinski definition) is 7. The van der Waals surface area contributed by atoms with Crippen molar-refractivity contribution < 1.29 is 4.79 Å². The first kappa shape index (κ1) is 17.0. The van der Waals surface area contributed by atoms with Gasteiger partial charge in [-0.15, -0.1) is 16.4 Å². The van der Waals surface area contributed by atoms with Gasteiger partial charge < -0.3 is 5.32 Å². The zero-order chi connectivity index (χ0) is 18.8. The van der Waals surface area contributed by atoms with E-state index in [1.165, 1.54) is 11.3 Å². The third-order valence-electron chi connectivity index (χ3n) is 4.03. The monoisotopic (exact) mass is 378 g/mol. The summed E-state index contributed by atoms with van der Waals surface area (Å²) in [4.78, 5) is 33.6. The van der Waals surface area contributed by atoms with Gasteiger partial charge >= 0.3 is 0 Å². The second-order valence-electron chi connectivity index (χ2n) is 5.80. The van der Waals surface area contributed by atoms with Gasteiger partial charge in [0.2, 0.25) is 0 Å². The van der Waals surface area contributed by atoms with Gasteiger partial charge in [0, 0.05) is 23.3 Å². The number of fused-ring (bicyclic) bond motifs is 1. The van der Waals surface area contributed by atoms with Crippen molar-refractivity contribution >= 4 is 33.3 Å². The molecule has 0 saturated carbocycles. The quantitative estimate of drug-likeness (QED) is 0.585. The van der Waals surface area contributed by atoms with Crippen molar-refractivity contribution in [3.05, 3.63) is 64.5 Å². The maximum absolute atomic E-state index is 12.6. The first-order valence-electron chi connectivity index (χ1n) is 8.14. The van der Waals surface area contributed by atoms with Crippen LogP contribution in [0.5, 0.6) is 0 Å². The molecule has 1 aromatic carbocycles. The summed E-state index contributed by atoms with van der Waals surface area (Å²) >= 11 is 1.30. The Morgan fingerprint density at radius 3 is 2.89 bits per heavy atom. The highest BCUT2D eigenvalue weighted by molar-refractivity contribution is 7.14. The van der Waals surface area contributed by atoms with E-state index in [0.29, 0.717) is 16.0 Å². The Kier molecular flexibility index (Phi) is 4.43. The number of benzene rings is 1. The summed E-state index contributed by atoms with van der Waals surface area (Å²) in [6, 6.07) is 9.76. The maximum atomic E-state index is 12.6. The highest BCUT2D eigenvalue weighted by atomic mass is 32.1. The second kappa shape index (κ2) is 7.04. The third-order valence-corrected chi connectivity index (χ3v) is 4.79. The van der Waals surface area contributed by atoms with Crippen LogP contribution in [-0.2, 0) is 4.79 Å². The molecule has 0 spiro atoms. The molecule has 4 rings (SSSR count). The van der Waals surface area contributed by atoms with E-state index in [1.54, 1.807) is 43.6 Å². The average Bonchev–Trinajstić information content (AvgIpc) is 3.17. The van der Waals surface area contributed by atoms with E-state index in [2.05, 4.69) is 25.6 Å². The van der Waals surface area contributed by atoms with E-state index in [4.69, 9.17) is 0 Å². The van der Waals surface area contributed by atoms with E-state index >= 15 is 0 Å². The van der Waals surface area contributed by atoms with Crippen LogP contribution in [0.2, 0.25) is 0 Å². The molecular weight excluding hydrogens is 364 g/mol. The van der Waals surface area contributed by atoms with Crippen LogP contribution in [0, 0.1) is 0 Å². The van der Waals surface area contributed by atoms with Gasteiger partial charge in [-0.2, -0.15) is 4.68 Å². The minimum Gasteiger partial charge on any atom is -0.300 e. The molecule has 0 aliphatic heterocycles. The van der Waals surface area contributed by atoms with Crippen LogP contribution in [-0.4, -0.2) is 30.9 Å². The number of carbonyl (C=O) groups excluding carboxylic acids is 1. The molecule has 4 aromatic rings. The molecule has 1 amide bonds. The highest BCUT2D eigenvalue weighted by Crippen LogP contribution is 2.24. The molecule has 8 nitrogen and oxygen atoms in total. The molecular formula is C18H14N6O2S. The van der Waals surface area contributed by atoms with Crippen molar-refractivity contribution in [2.75, 3.05) is 5.32 Å². The number of rotatable bonds is 4. The smallest absolute Gasteiger partial charge is 0.278 e. The molecule has 0 fully saturated rings. The first-order chi connectivity index (χ1) is 13.1. The van der Waals surface area contributed by atoms with Gasteiger partial charge in [-0.3, -0.25) is 14.6 Å². The first-order valence-corrected chi connectivity index (χ1v) is 9.02. The lowest BCUT2D eigenvalue weighted by atomic mass is 10.2. The lowest BCUT2D eigenvalue weighted by molar-refractivity contribution is -0.119. The number of amides is 1. The van der Waals surface area contributed by atoms with E-state index in [9.17, 15) is 9.59 Å². The van der Waals surface area contributed by atoms with Crippen molar-refractivity contribution in [2.45, 2.75) is 13.0 Å². The molecule has 1 atom stereocenters. The van der Waals surface area contributed by atoms with Crippen LogP contribution < -0.4 is 10.9 Å². The number of nitrogens with one attached hydrogen (secondary N) is 1. The summed E-state index contributed by atoms with van der Waals surface area (Å²) in [7, 11) is 0. The van der Waals surface area contributed by atoms with Gasteiger partial charge in [-0.25, -0.2) is 4.98 Å². The maximum Gasteiger partial charge on any atom is 0.278 e. The van der Waals surface area contributed by atoms with Gasteiger partial charge in [0.05, 0.1) is 11.1 Å². The van der Waals surface area contributed by atoms with Gasteiger partial charge in [0.25, 0.3) is 11.5 Å². The fourth-order valence-electron chi connectivity index (χ4n) is 2.55. The van der Waals surface area contributed by atoms with Crippen LogP contribution in [0.15, 0.2) is 59.0 Å². The SMILES string of the molecule is C[C@H](C(=O)Nc1nc(-c2cccnc2)cs1)n1nnc2ccccc2c1=O. The summed E-state index contributed by atoms with van der Waals surface area (Å²) < 4.78 is 1.08. The molecule has 134 valence electrons. The minimum atomic E-state index is -0.833. The number of pyridine rings is 1. The highest BCUT2D eigenvalue weighted by Gasteiger charge is 2.20. The summed E-state index contributed by atoms with van der Waals surface area (Å²) in [5.41, 5.74) is 1.71. The van der Waals surface area contributed by atoms with E-state index in [0.717, 1.165) is 15.9 Å². The molecule has 0 saturated heterocycles. The number of aromatic nitrogens is 5. The molecule has 0 radical (unpaired) electrons. The van der Waals surface area contributed by atoms with Gasteiger partial charge in [-0.1, -0.05) is 17.3 Å². The van der Waals surface area contributed by atoms with Crippen molar-refractivity contribution in [1.29, 1.82) is 0 Å². The van der Waals surface area contributed by atoms with Gasteiger partial charge in [0.1, 0.15) is 11.6 Å². The standard InChI is InChI=1S/C18H14N6O2S/c1-11(24-17(26)13-6-2-3-7-14(13)22-23-24)16(25)21-18-20-15(10-27-18)12-5-4-8-19-9-12/h2-11H,1H3,(H,20,21,25)/t11-/m1/s1. The lowest BCUT2D eigenvalue weighted by Gasteiger charge is -2.12. The van der Waals surface area contributed by atoms with Gasteiger partial charge in [-0.05, 0) is 31.2 Å². The molecule has 0 unspecified atom stereocenters. The van der Waals surface area contributed by atoms with Crippen molar-refractivity contribution in [3.8, 4) is 11.3 Å². The minimum absolute atomic E-state index is 0.363. The normalized spacial score (nSPS) is 12.0. The summed E-state index contributed by atoms with van der Waals surface area (Å²) in [5.74, 6) is -0.395.